The average Bonchev–Trinajstić information content (AvgIpc) is 2.43. The molecule has 1 aromatic rings. The number of piperidine rings is 1. The van der Waals surface area contributed by atoms with E-state index in [0.29, 0.717) is 35.9 Å². The highest BCUT2D eigenvalue weighted by atomic mass is 35.5. The van der Waals surface area contributed by atoms with Crippen molar-refractivity contribution < 1.29 is 4.79 Å². The van der Waals surface area contributed by atoms with Gasteiger partial charge in [0, 0.05) is 18.6 Å². The van der Waals surface area contributed by atoms with E-state index in [4.69, 9.17) is 17.3 Å². The van der Waals surface area contributed by atoms with Crippen molar-refractivity contribution >= 4 is 23.2 Å². The number of amides is 1. The van der Waals surface area contributed by atoms with E-state index in [1.807, 2.05) is 12.1 Å². The highest BCUT2D eigenvalue weighted by Gasteiger charge is 2.28. The van der Waals surface area contributed by atoms with Crippen LogP contribution in [0.4, 0.5) is 5.69 Å². The van der Waals surface area contributed by atoms with Crippen LogP contribution in [0.25, 0.3) is 0 Å². The lowest BCUT2D eigenvalue weighted by molar-refractivity contribution is -0.118. The summed E-state index contributed by atoms with van der Waals surface area (Å²) in [4.78, 5) is 14.4. The maximum Gasteiger partial charge on any atom is 0.238 e. The van der Waals surface area contributed by atoms with Crippen LogP contribution in [0.1, 0.15) is 26.2 Å². The van der Waals surface area contributed by atoms with Crippen LogP contribution in [-0.4, -0.2) is 36.0 Å². The number of carbonyl (C=O) groups excluding carboxylic acids is 1. The summed E-state index contributed by atoms with van der Waals surface area (Å²) in [5, 5.41) is 3.43. The molecule has 1 aliphatic heterocycles. The molecule has 3 N–H and O–H groups in total. The van der Waals surface area contributed by atoms with Crippen molar-refractivity contribution in [3.63, 3.8) is 0 Å². The highest BCUT2D eigenvalue weighted by Crippen LogP contribution is 2.23. The number of hydrogen-bond acceptors (Lipinski definition) is 3. The summed E-state index contributed by atoms with van der Waals surface area (Å²) in [6.45, 7) is 3.13. The number of nitrogens with one attached hydrogen (secondary N) is 1. The molecule has 0 spiro atoms. The second-order valence-electron chi connectivity index (χ2n) is 5.37. The number of hydrogen-bond donors (Lipinski definition) is 2. The standard InChI is InChI=1S/C15H22ClN3O/c1-11-5-4-6-12(9-17)19(11)10-15(20)18-14-8-3-2-7-13(14)16/h2-3,7-8,11-12H,4-6,9-10,17H2,1H3,(H,18,20). The highest BCUT2D eigenvalue weighted by molar-refractivity contribution is 6.33. The molecule has 1 aromatic carbocycles. The van der Waals surface area contributed by atoms with Crippen molar-refractivity contribution in [2.45, 2.75) is 38.3 Å². The lowest BCUT2D eigenvalue weighted by Gasteiger charge is -2.39. The van der Waals surface area contributed by atoms with E-state index in [1.54, 1.807) is 12.1 Å². The van der Waals surface area contributed by atoms with E-state index < -0.39 is 0 Å². The lowest BCUT2D eigenvalue weighted by Crippen LogP contribution is -2.51. The van der Waals surface area contributed by atoms with E-state index in [2.05, 4.69) is 17.1 Å². The van der Waals surface area contributed by atoms with Gasteiger partial charge in [-0.15, -0.1) is 0 Å². The molecule has 2 unspecified atom stereocenters. The Hall–Kier alpha value is -1.10. The summed E-state index contributed by atoms with van der Waals surface area (Å²) in [6.07, 6.45) is 3.38. The largest absolute Gasteiger partial charge is 0.329 e. The average molecular weight is 296 g/mol. The summed E-state index contributed by atoms with van der Waals surface area (Å²) >= 11 is 6.05. The smallest absolute Gasteiger partial charge is 0.238 e. The zero-order valence-electron chi connectivity index (χ0n) is 11.8. The number of nitrogens with two attached hydrogens (primary N) is 1. The normalized spacial score (nSPS) is 23.6. The second-order valence-corrected chi connectivity index (χ2v) is 5.78. The number of benzene rings is 1. The monoisotopic (exact) mass is 295 g/mol. The van der Waals surface area contributed by atoms with Crippen LogP contribution in [0.3, 0.4) is 0 Å². The predicted molar refractivity (Wildman–Crippen MR) is 82.9 cm³/mol. The molecule has 1 saturated heterocycles. The van der Waals surface area contributed by atoms with E-state index >= 15 is 0 Å². The maximum atomic E-state index is 12.2. The molecule has 0 saturated carbocycles. The number of anilines is 1. The first kappa shape index (κ1) is 15.3. The number of nitrogens with zero attached hydrogens (tertiary/aromatic N) is 1. The van der Waals surface area contributed by atoms with E-state index in [9.17, 15) is 4.79 Å². The first-order chi connectivity index (χ1) is 9.61. The third-order valence-corrected chi connectivity index (χ3v) is 4.27. The minimum Gasteiger partial charge on any atom is -0.329 e. The molecule has 0 bridgehead atoms. The Kier molecular flexibility index (Phi) is 5.40. The van der Waals surface area contributed by atoms with Crippen LogP contribution in [0.5, 0.6) is 0 Å². The minimum absolute atomic E-state index is 0.0368. The van der Waals surface area contributed by atoms with Gasteiger partial charge in [-0.25, -0.2) is 0 Å². The van der Waals surface area contributed by atoms with Crippen molar-refractivity contribution in [3.8, 4) is 0 Å². The van der Waals surface area contributed by atoms with Gasteiger partial charge in [0.25, 0.3) is 0 Å². The van der Waals surface area contributed by atoms with Gasteiger partial charge in [-0.2, -0.15) is 0 Å². The van der Waals surface area contributed by atoms with Gasteiger partial charge in [-0.1, -0.05) is 30.2 Å². The molecular weight excluding hydrogens is 274 g/mol. The van der Waals surface area contributed by atoms with E-state index in [0.717, 1.165) is 12.8 Å². The molecule has 2 rings (SSSR count). The Labute approximate surface area is 125 Å². The predicted octanol–water partition coefficient (Wildman–Crippen LogP) is 2.48. The molecule has 1 amide bonds. The fourth-order valence-corrected chi connectivity index (χ4v) is 2.98. The summed E-state index contributed by atoms with van der Waals surface area (Å²) in [5.41, 5.74) is 6.47. The van der Waals surface area contributed by atoms with Crippen molar-refractivity contribution in [2.24, 2.45) is 5.73 Å². The van der Waals surface area contributed by atoms with E-state index in [1.165, 1.54) is 6.42 Å². The van der Waals surface area contributed by atoms with Gasteiger partial charge in [0.05, 0.1) is 17.3 Å². The summed E-state index contributed by atoms with van der Waals surface area (Å²) < 4.78 is 0. The number of para-hydroxylation sites is 1. The van der Waals surface area contributed by atoms with Crippen LogP contribution in [0, 0.1) is 0 Å². The molecule has 0 aromatic heterocycles. The van der Waals surface area contributed by atoms with Crippen molar-refractivity contribution in [2.75, 3.05) is 18.4 Å². The first-order valence-electron chi connectivity index (χ1n) is 7.12. The summed E-state index contributed by atoms with van der Waals surface area (Å²) in [6, 6.07) is 7.97. The van der Waals surface area contributed by atoms with Crippen LogP contribution in [0.2, 0.25) is 5.02 Å². The lowest BCUT2D eigenvalue weighted by atomic mass is 9.96. The van der Waals surface area contributed by atoms with Crippen LogP contribution < -0.4 is 11.1 Å². The molecule has 0 radical (unpaired) electrons. The fourth-order valence-electron chi connectivity index (χ4n) is 2.80. The van der Waals surface area contributed by atoms with E-state index in [-0.39, 0.29) is 5.91 Å². The van der Waals surface area contributed by atoms with Gasteiger partial charge in [0.2, 0.25) is 5.91 Å². The second kappa shape index (κ2) is 7.07. The Morgan fingerprint density at radius 1 is 1.45 bits per heavy atom. The topological polar surface area (TPSA) is 58.4 Å². The van der Waals surface area contributed by atoms with Crippen molar-refractivity contribution in [1.29, 1.82) is 0 Å². The maximum absolute atomic E-state index is 12.2. The van der Waals surface area contributed by atoms with Crippen LogP contribution >= 0.6 is 11.6 Å². The fraction of sp³-hybridized carbons (Fsp3) is 0.533. The Bertz CT molecular complexity index is 466. The number of carbonyl (C=O) groups is 1. The zero-order chi connectivity index (χ0) is 14.5. The van der Waals surface area contributed by atoms with Crippen LogP contribution in [0.15, 0.2) is 24.3 Å². The van der Waals surface area contributed by atoms with Gasteiger partial charge in [0.15, 0.2) is 0 Å². The van der Waals surface area contributed by atoms with Crippen molar-refractivity contribution in [3.05, 3.63) is 29.3 Å². The molecule has 4 nitrogen and oxygen atoms in total. The molecule has 5 heteroatoms. The Morgan fingerprint density at radius 2 is 2.20 bits per heavy atom. The Morgan fingerprint density at radius 3 is 2.90 bits per heavy atom. The van der Waals surface area contributed by atoms with Gasteiger partial charge in [0.1, 0.15) is 0 Å². The molecule has 20 heavy (non-hydrogen) atoms. The van der Waals surface area contributed by atoms with Gasteiger partial charge in [-0.3, -0.25) is 9.69 Å². The van der Waals surface area contributed by atoms with Gasteiger partial charge in [-0.05, 0) is 31.9 Å². The first-order valence-corrected chi connectivity index (χ1v) is 7.49. The minimum atomic E-state index is -0.0368. The SMILES string of the molecule is CC1CCCC(CN)N1CC(=O)Nc1ccccc1Cl. The van der Waals surface area contributed by atoms with Crippen LogP contribution in [-0.2, 0) is 4.79 Å². The molecule has 1 aliphatic rings. The molecule has 1 fully saturated rings. The summed E-state index contributed by atoms with van der Waals surface area (Å²) in [5.74, 6) is -0.0368. The third kappa shape index (κ3) is 3.72. The molecule has 0 aliphatic carbocycles. The van der Waals surface area contributed by atoms with Gasteiger partial charge < -0.3 is 11.1 Å². The Balaban J connectivity index is 1.98. The summed E-state index contributed by atoms with van der Waals surface area (Å²) in [7, 11) is 0. The molecule has 110 valence electrons. The molecule has 1 heterocycles. The zero-order valence-corrected chi connectivity index (χ0v) is 12.6. The molecular formula is C15H22ClN3O. The number of likely N-dealkylation sites (tertiary alicyclic amines) is 1. The number of rotatable bonds is 4. The van der Waals surface area contributed by atoms with Gasteiger partial charge >= 0.3 is 0 Å². The quantitative estimate of drug-likeness (QED) is 0.897. The van der Waals surface area contributed by atoms with Crippen molar-refractivity contribution in [1.82, 2.24) is 4.90 Å². The number of halogens is 1. The molecule has 2 atom stereocenters. The third-order valence-electron chi connectivity index (χ3n) is 3.94.